The Balaban J connectivity index is 2.33. The van der Waals surface area contributed by atoms with E-state index in [9.17, 15) is 0 Å². The SMILES string of the molecule is CCc1ncc(-c2ccc(O)cc2)cn1. The van der Waals surface area contributed by atoms with Crippen LogP contribution < -0.4 is 0 Å². The number of aromatic hydroxyl groups is 1. The molecule has 0 saturated carbocycles. The fraction of sp³-hybridized carbons (Fsp3) is 0.167. The predicted octanol–water partition coefficient (Wildman–Crippen LogP) is 2.41. The van der Waals surface area contributed by atoms with E-state index < -0.39 is 0 Å². The van der Waals surface area contributed by atoms with Gasteiger partial charge in [-0.1, -0.05) is 19.1 Å². The summed E-state index contributed by atoms with van der Waals surface area (Å²) in [6, 6.07) is 7.01. The van der Waals surface area contributed by atoms with Gasteiger partial charge in [0.1, 0.15) is 11.6 Å². The molecule has 0 aliphatic heterocycles. The Bertz CT molecular complexity index is 434. The van der Waals surface area contributed by atoms with Gasteiger partial charge in [0, 0.05) is 24.4 Å². The van der Waals surface area contributed by atoms with E-state index in [1.807, 2.05) is 19.1 Å². The van der Waals surface area contributed by atoms with Crippen molar-refractivity contribution < 1.29 is 5.11 Å². The van der Waals surface area contributed by atoms with Crippen molar-refractivity contribution in [3.63, 3.8) is 0 Å². The molecule has 76 valence electrons. The summed E-state index contributed by atoms with van der Waals surface area (Å²) in [6.45, 7) is 2.02. The van der Waals surface area contributed by atoms with Crippen LogP contribution in [0.1, 0.15) is 12.7 Å². The van der Waals surface area contributed by atoms with Gasteiger partial charge in [0.2, 0.25) is 0 Å². The van der Waals surface area contributed by atoms with Gasteiger partial charge >= 0.3 is 0 Å². The molecule has 2 aromatic rings. The van der Waals surface area contributed by atoms with Gasteiger partial charge in [0.15, 0.2) is 0 Å². The van der Waals surface area contributed by atoms with Crippen LogP contribution in [0.2, 0.25) is 0 Å². The lowest BCUT2D eigenvalue weighted by Crippen LogP contribution is -1.91. The average molecular weight is 200 g/mol. The summed E-state index contributed by atoms with van der Waals surface area (Å²) < 4.78 is 0. The molecule has 0 saturated heterocycles. The summed E-state index contributed by atoms with van der Waals surface area (Å²) in [6.07, 6.45) is 4.45. The first kappa shape index (κ1) is 9.65. The Morgan fingerprint density at radius 2 is 1.60 bits per heavy atom. The van der Waals surface area contributed by atoms with Gasteiger partial charge in [0.05, 0.1) is 0 Å². The first-order chi connectivity index (χ1) is 7.29. The Labute approximate surface area is 88.5 Å². The molecule has 0 amide bonds. The number of aromatic nitrogens is 2. The van der Waals surface area contributed by atoms with Gasteiger partial charge in [-0.2, -0.15) is 0 Å². The third kappa shape index (κ3) is 2.13. The quantitative estimate of drug-likeness (QED) is 0.809. The number of phenols is 1. The van der Waals surface area contributed by atoms with E-state index in [0.717, 1.165) is 23.4 Å². The van der Waals surface area contributed by atoms with E-state index in [1.165, 1.54) is 0 Å². The van der Waals surface area contributed by atoms with Gasteiger partial charge in [-0.05, 0) is 17.7 Å². The summed E-state index contributed by atoms with van der Waals surface area (Å²) in [5.74, 6) is 1.11. The zero-order valence-corrected chi connectivity index (χ0v) is 8.51. The van der Waals surface area contributed by atoms with Gasteiger partial charge in [-0.25, -0.2) is 9.97 Å². The van der Waals surface area contributed by atoms with Crippen LogP contribution in [0.15, 0.2) is 36.7 Å². The van der Waals surface area contributed by atoms with E-state index in [2.05, 4.69) is 9.97 Å². The van der Waals surface area contributed by atoms with Crippen molar-refractivity contribution in [2.75, 3.05) is 0 Å². The Morgan fingerprint density at radius 3 is 2.13 bits per heavy atom. The van der Waals surface area contributed by atoms with Crippen LogP contribution in [-0.4, -0.2) is 15.1 Å². The first-order valence-corrected chi connectivity index (χ1v) is 4.90. The summed E-state index contributed by atoms with van der Waals surface area (Å²) in [5.41, 5.74) is 1.97. The van der Waals surface area contributed by atoms with Gasteiger partial charge in [-0.15, -0.1) is 0 Å². The van der Waals surface area contributed by atoms with Crippen molar-refractivity contribution in [2.45, 2.75) is 13.3 Å². The molecular formula is C12H12N2O. The third-order valence-corrected chi connectivity index (χ3v) is 2.22. The second kappa shape index (κ2) is 4.09. The standard InChI is InChI=1S/C12H12N2O/c1-2-12-13-7-10(8-14-12)9-3-5-11(15)6-4-9/h3-8,15H,2H2,1H3. The summed E-state index contributed by atoms with van der Waals surface area (Å²) in [4.78, 5) is 8.44. The normalized spacial score (nSPS) is 10.2. The molecule has 0 spiro atoms. The zero-order chi connectivity index (χ0) is 10.7. The van der Waals surface area contributed by atoms with E-state index >= 15 is 0 Å². The minimum Gasteiger partial charge on any atom is -0.508 e. The number of rotatable bonds is 2. The maximum absolute atomic E-state index is 9.15. The number of benzene rings is 1. The van der Waals surface area contributed by atoms with E-state index in [0.29, 0.717) is 0 Å². The second-order valence-corrected chi connectivity index (χ2v) is 3.29. The highest BCUT2D eigenvalue weighted by Gasteiger charge is 1.99. The lowest BCUT2D eigenvalue weighted by atomic mass is 10.1. The second-order valence-electron chi connectivity index (χ2n) is 3.29. The molecule has 15 heavy (non-hydrogen) atoms. The van der Waals surface area contributed by atoms with Crippen molar-refractivity contribution in [3.8, 4) is 16.9 Å². The Morgan fingerprint density at radius 1 is 1.00 bits per heavy atom. The highest BCUT2D eigenvalue weighted by molar-refractivity contribution is 5.62. The van der Waals surface area contributed by atoms with Crippen LogP contribution in [0.4, 0.5) is 0 Å². The third-order valence-electron chi connectivity index (χ3n) is 2.22. The van der Waals surface area contributed by atoms with Crippen LogP contribution >= 0.6 is 0 Å². The van der Waals surface area contributed by atoms with Gasteiger partial charge in [-0.3, -0.25) is 0 Å². The molecule has 1 heterocycles. The largest absolute Gasteiger partial charge is 0.508 e. The highest BCUT2D eigenvalue weighted by atomic mass is 16.3. The number of hydrogen-bond donors (Lipinski definition) is 1. The van der Waals surface area contributed by atoms with Crippen molar-refractivity contribution in [2.24, 2.45) is 0 Å². The average Bonchev–Trinajstić information content (AvgIpc) is 2.30. The van der Waals surface area contributed by atoms with Gasteiger partial charge in [0.25, 0.3) is 0 Å². The van der Waals surface area contributed by atoms with Crippen molar-refractivity contribution in [3.05, 3.63) is 42.5 Å². The van der Waals surface area contributed by atoms with Crippen LogP contribution in [-0.2, 0) is 6.42 Å². The molecule has 0 aliphatic carbocycles. The smallest absolute Gasteiger partial charge is 0.127 e. The molecule has 0 fully saturated rings. The van der Waals surface area contributed by atoms with E-state index in [1.54, 1.807) is 24.5 Å². The summed E-state index contributed by atoms with van der Waals surface area (Å²) in [7, 11) is 0. The molecule has 0 aliphatic rings. The zero-order valence-electron chi connectivity index (χ0n) is 8.51. The molecular weight excluding hydrogens is 188 g/mol. The molecule has 0 radical (unpaired) electrons. The minimum absolute atomic E-state index is 0.268. The monoisotopic (exact) mass is 200 g/mol. The van der Waals surface area contributed by atoms with Crippen LogP contribution in [0.25, 0.3) is 11.1 Å². The lowest BCUT2D eigenvalue weighted by Gasteiger charge is -2.01. The first-order valence-electron chi connectivity index (χ1n) is 4.90. The summed E-state index contributed by atoms with van der Waals surface area (Å²) in [5, 5.41) is 9.15. The Kier molecular flexibility index (Phi) is 2.63. The molecule has 2 rings (SSSR count). The van der Waals surface area contributed by atoms with Crippen molar-refractivity contribution in [1.82, 2.24) is 9.97 Å². The molecule has 3 heteroatoms. The highest BCUT2D eigenvalue weighted by Crippen LogP contribution is 2.20. The van der Waals surface area contributed by atoms with Crippen LogP contribution in [0.5, 0.6) is 5.75 Å². The Hall–Kier alpha value is -1.90. The maximum Gasteiger partial charge on any atom is 0.127 e. The lowest BCUT2D eigenvalue weighted by molar-refractivity contribution is 0.475. The fourth-order valence-corrected chi connectivity index (χ4v) is 1.34. The fourth-order valence-electron chi connectivity index (χ4n) is 1.34. The van der Waals surface area contributed by atoms with Gasteiger partial charge < -0.3 is 5.11 Å². The molecule has 1 aromatic carbocycles. The molecule has 0 unspecified atom stereocenters. The van der Waals surface area contributed by atoms with Crippen molar-refractivity contribution in [1.29, 1.82) is 0 Å². The minimum atomic E-state index is 0.268. The van der Waals surface area contributed by atoms with E-state index in [4.69, 9.17) is 5.11 Å². The molecule has 3 nitrogen and oxygen atoms in total. The predicted molar refractivity (Wildman–Crippen MR) is 58.5 cm³/mol. The number of hydrogen-bond acceptors (Lipinski definition) is 3. The number of nitrogens with zero attached hydrogens (tertiary/aromatic N) is 2. The van der Waals surface area contributed by atoms with Crippen molar-refractivity contribution >= 4 is 0 Å². The number of phenolic OH excluding ortho intramolecular Hbond substituents is 1. The number of aryl methyl sites for hydroxylation is 1. The summed E-state index contributed by atoms with van der Waals surface area (Å²) >= 11 is 0. The maximum atomic E-state index is 9.15. The molecule has 0 bridgehead atoms. The van der Waals surface area contributed by atoms with Crippen LogP contribution in [0, 0.1) is 0 Å². The van der Waals surface area contributed by atoms with E-state index in [-0.39, 0.29) is 5.75 Å². The molecule has 0 atom stereocenters. The topological polar surface area (TPSA) is 46.0 Å². The van der Waals surface area contributed by atoms with Crippen LogP contribution in [0.3, 0.4) is 0 Å². The molecule has 1 aromatic heterocycles. The molecule has 1 N–H and O–H groups in total.